The van der Waals surface area contributed by atoms with E-state index in [1.807, 2.05) is 0 Å². The molecule has 0 saturated carbocycles. The van der Waals surface area contributed by atoms with Crippen molar-refractivity contribution in [2.45, 2.75) is 13.1 Å². The lowest BCUT2D eigenvalue weighted by Crippen LogP contribution is -2.18. The molecule has 5 nitrogen and oxygen atoms in total. The highest BCUT2D eigenvalue weighted by molar-refractivity contribution is 6.05. The van der Waals surface area contributed by atoms with Crippen LogP contribution >= 0.6 is 0 Å². The number of rotatable bonds is 2. The van der Waals surface area contributed by atoms with E-state index in [4.69, 9.17) is 0 Å². The number of nitrogens with zero attached hydrogens (tertiary/aromatic N) is 3. The van der Waals surface area contributed by atoms with Gasteiger partial charge in [-0.15, -0.1) is 0 Å². The number of aromatic nitrogens is 3. The molecule has 0 aliphatic carbocycles. The highest BCUT2D eigenvalue weighted by Crippen LogP contribution is 2.32. The van der Waals surface area contributed by atoms with Crippen molar-refractivity contribution >= 4 is 17.2 Å². The number of hydrogen-bond acceptors (Lipinski definition) is 3. The van der Waals surface area contributed by atoms with Crippen molar-refractivity contribution in [2.24, 2.45) is 0 Å². The second kappa shape index (κ2) is 5.38. The third-order valence-corrected chi connectivity index (χ3v) is 3.17. The van der Waals surface area contributed by atoms with E-state index < -0.39 is 23.2 Å². The Morgan fingerprint density at radius 2 is 1.91 bits per heavy atom. The lowest BCUT2D eigenvalue weighted by atomic mass is 10.1. The Morgan fingerprint density at radius 3 is 2.65 bits per heavy atom. The van der Waals surface area contributed by atoms with Crippen LogP contribution in [0.25, 0.3) is 5.65 Å². The van der Waals surface area contributed by atoms with Gasteiger partial charge < -0.3 is 5.32 Å². The molecule has 0 unspecified atom stereocenters. The summed E-state index contributed by atoms with van der Waals surface area (Å²) in [5, 5.41) is 6.53. The zero-order valence-electron chi connectivity index (χ0n) is 11.9. The van der Waals surface area contributed by atoms with Crippen molar-refractivity contribution in [1.29, 1.82) is 0 Å². The number of carbonyl (C=O) groups is 1. The minimum atomic E-state index is -4.60. The van der Waals surface area contributed by atoms with E-state index in [-0.39, 0.29) is 0 Å². The Labute approximate surface area is 128 Å². The van der Waals surface area contributed by atoms with E-state index in [1.54, 1.807) is 19.1 Å². The minimum Gasteiger partial charge on any atom is -0.321 e. The molecule has 0 aliphatic rings. The third-order valence-electron chi connectivity index (χ3n) is 3.17. The van der Waals surface area contributed by atoms with Gasteiger partial charge in [-0.25, -0.2) is 9.50 Å². The summed E-state index contributed by atoms with van der Waals surface area (Å²) in [7, 11) is 0. The fourth-order valence-electron chi connectivity index (χ4n) is 2.19. The van der Waals surface area contributed by atoms with Crippen molar-refractivity contribution in [3.8, 4) is 0 Å². The molecule has 0 fully saturated rings. The molecule has 118 valence electrons. The minimum absolute atomic E-state index is 0.323. The summed E-state index contributed by atoms with van der Waals surface area (Å²) in [6.45, 7) is 1.71. The molecule has 0 radical (unpaired) electrons. The first-order valence-corrected chi connectivity index (χ1v) is 6.65. The number of alkyl halides is 3. The standard InChI is InChI=1S/C15H11F3N4O/c1-9-19-13-7-6-10(8-22(13)21-9)20-14(23)11-4-2-3-5-12(11)15(16,17)18/h2-8H,1H3,(H,20,23). The molecule has 3 aromatic rings. The molecule has 0 bridgehead atoms. The largest absolute Gasteiger partial charge is 0.417 e. The SMILES string of the molecule is Cc1nc2ccc(NC(=O)c3ccccc3C(F)(F)F)cn2n1. The number of aryl methyl sites for hydroxylation is 1. The fourth-order valence-corrected chi connectivity index (χ4v) is 2.19. The van der Waals surface area contributed by atoms with Gasteiger partial charge in [0.05, 0.1) is 23.0 Å². The number of nitrogens with one attached hydrogen (secondary N) is 1. The second-order valence-electron chi connectivity index (χ2n) is 4.88. The third kappa shape index (κ3) is 3.01. The molecular formula is C15H11F3N4O. The quantitative estimate of drug-likeness (QED) is 0.788. The van der Waals surface area contributed by atoms with Crippen LogP contribution in [-0.4, -0.2) is 20.5 Å². The first kappa shape index (κ1) is 15.0. The number of fused-ring (bicyclic) bond motifs is 1. The van der Waals surface area contributed by atoms with Gasteiger partial charge in [-0.2, -0.15) is 18.3 Å². The first-order chi connectivity index (χ1) is 10.8. The summed E-state index contributed by atoms with van der Waals surface area (Å²) in [4.78, 5) is 16.3. The fraction of sp³-hybridized carbons (Fsp3) is 0.133. The Kier molecular flexibility index (Phi) is 3.51. The van der Waals surface area contributed by atoms with Crippen LogP contribution < -0.4 is 5.32 Å². The van der Waals surface area contributed by atoms with Crippen LogP contribution in [0.15, 0.2) is 42.6 Å². The zero-order chi connectivity index (χ0) is 16.6. The molecule has 2 heterocycles. The number of anilines is 1. The zero-order valence-corrected chi connectivity index (χ0v) is 11.9. The Balaban J connectivity index is 1.92. The maximum absolute atomic E-state index is 13.0. The summed E-state index contributed by atoms with van der Waals surface area (Å²) in [6.07, 6.45) is -3.11. The van der Waals surface area contributed by atoms with Crippen molar-refractivity contribution < 1.29 is 18.0 Å². The van der Waals surface area contributed by atoms with E-state index in [0.717, 1.165) is 12.1 Å². The number of hydrogen-bond donors (Lipinski definition) is 1. The monoisotopic (exact) mass is 320 g/mol. The number of benzene rings is 1. The van der Waals surface area contributed by atoms with Gasteiger partial charge in [-0.3, -0.25) is 4.79 Å². The van der Waals surface area contributed by atoms with Gasteiger partial charge in [-0.1, -0.05) is 12.1 Å². The summed E-state index contributed by atoms with van der Waals surface area (Å²) >= 11 is 0. The van der Waals surface area contributed by atoms with Gasteiger partial charge in [0, 0.05) is 0 Å². The molecule has 1 aromatic carbocycles. The topological polar surface area (TPSA) is 59.3 Å². The van der Waals surface area contributed by atoms with Gasteiger partial charge in [0.2, 0.25) is 0 Å². The number of carbonyl (C=O) groups excluding carboxylic acids is 1. The molecule has 8 heteroatoms. The van der Waals surface area contributed by atoms with E-state index in [0.29, 0.717) is 17.2 Å². The van der Waals surface area contributed by atoms with Gasteiger partial charge in [0.1, 0.15) is 5.82 Å². The van der Waals surface area contributed by atoms with Crippen molar-refractivity contribution in [3.63, 3.8) is 0 Å². The molecule has 23 heavy (non-hydrogen) atoms. The predicted octanol–water partition coefficient (Wildman–Crippen LogP) is 3.31. The van der Waals surface area contributed by atoms with Crippen LogP contribution in [0.1, 0.15) is 21.7 Å². The van der Waals surface area contributed by atoms with Crippen LogP contribution in [0.4, 0.5) is 18.9 Å². The maximum atomic E-state index is 13.0. The van der Waals surface area contributed by atoms with Crippen molar-refractivity contribution in [2.75, 3.05) is 5.32 Å². The van der Waals surface area contributed by atoms with E-state index in [2.05, 4.69) is 15.4 Å². The molecule has 0 aliphatic heterocycles. The van der Waals surface area contributed by atoms with Crippen LogP contribution in [0, 0.1) is 6.92 Å². The average molecular weight is 320 g/mol. The molecule has 2 aromatic heterocycles. The van der Waals surface area contributed by atoms with Gasteiger partial charge in [0.15, 0.2) is 5.65 Å². The number of halogens is 3. The highest BCUT2D eigenvalue weighted by Gasteiger charge is 2.34. The van der Waals surface area contributed by atoms with E-state index >= 15 is 0 Å². The molecule has 0 spiro atoms. The number of amides is 1. The maximum Gasteiger partial charge on any atom is 0.417 e. The molecule has 1 N–H and O–H groups in total. The first-order valence-electron chi connectivity index (χ1n) is 6.65. The Morgan fingerprint density at radius 1 is 1.17 bits per heavy atom. The van der Waals surface area contributed by atoms with Crippen molar-refractivity contribution in [1.82, 2.24) is 14.6 Å². The average Bonchev–Trinajstić information content (AvgIpc) is 2.85. The van der Waals surface area contributed by atoms with Gasteiger partial charge in [0.25, 0.3) is 5.91 Å². The molecule has 3 rings (SSSR count). The lowest BCUT2D eigenvalue weighted by molar-refractivity contribution is -0.137. The summed E-state index contributed by atoms with van der Waals surface area (Å²) in [6, 6.07) is 7.80. The normalized spacial score (nSPS) is 11.7. The molecular weight excluding hydrogens is 309 g/mol. The number of pyridine rings is 1. The summed E-state index contributed by atoms with van der Waals surface area (Å²) in [5.41, 5.74) is -0.509. The van der Waals surface area contributed by atoms with Gasteiger partial charge >= 0.3 is 6.18 Å². The predicted molar refractivity (Wildman–Crippen MR) is 77.1 cm³/mol. The van der Waals surface area contributed by atoms with Crippen LogP contribution in [-0.2, 0) is 6.18 Å². The van der Waals surface area contributed by atoms with E-state index in [1.165, 1.54) is 22.8 Å². The van der Waals surface area contributed by atoms with Gasteiger partial charge in [-0.05, 0) is 31.2 Å². The molecule has 0 atom stereocenters. The van der Waals surface area contributed by atoms with Crippen LogP contribution in [0.3, 0.4) is 0 Å². The molecule has 0 saturated heterocycles. The van der Waals surface area contributed by atoms with Crippen LogP contribution in [0.5, 0.6) is 0 Å². The highest BCUT2D eigenvalue weighted by atomic mass is 19.4. The summed E-state index contributed by atoms with van der Waals surface area (Å²) in [5.74, 6) is -0.287. The lowest BCUT2D eigenvalue weighted by Gasteiger charge is -2.12. The van der Waals surface area contributed by atoms with Crippen LogP contribution in [0.2, 0.25) is 0 Å². The smallest absolute Gasteiger partial charge is 0.321 e. The summed E-state index contributed by atoms with van der Waals surface area (Å²) < 4.78 is 40.3. The Hall–Kier alpha value is -2.90. The second-order valence-corrected chi connectivity index (χ2v) is 4.88. The Bertz CT molecular complexity index is 886. The van der Waals surface area contributed by atoms with Crippen molar-refractivity contribution in [3.05, 3.63) is 59.5 Å². The van der Waals surface area contributed by atoms with E-state index in [9.17, 15) is 18.0 Å². The molecule has 1 amide bonds.